The lowest BCUT2D eigenvalue weighted by atomic mass is 10.0. The highest BCUT2D eigenvalue weighted by Crippen LogP contribution is 2.30. The molecule has 3 aromatic rings. The van der Waals surface area contributed by atoms with Crippen LogP contribution in [0, 0.1) is 0 Å². The number of benzene rings is 2. The van der Waals surface area contributed by atoms with Crippen LogP contribution in [-0.4, -0.2) is 51.1 Å². The summed E-state index contributed by atoms with van der Waals surface area (Å²) in [5, 5.41) is 5.32. The molecule has 0 spiro atoms. The van der Waals surface area contributed by atoms with Gasteiger partial charge in [-0.2, -0.15) is 0 Å². The van der Waals surface area contributed by atoms with E-state index in [2.05, 4.69) is 44.5 Å². The second-order valence-electron chi connectivity index (χ2n) is 12.1. The molecule has 42 heavy (non-hydrogen) atoms. The number of imidazole rings is 1. The van der Waals surface area contributed by atoms with Crippen molar-refractivity contribution < 1.29 is 23.9 Å². The van der Waals surface area contributed by atoms with Crippen molar-refractivity contribution in [3.05, 3.63) is 95.6 Å². The van der Waals surface area contributed by atoms with E-state index >= 15 is 0 Å². The van der Waals surface area contributed by atoms with E-state index in [0.717, 1.165) is 18.4 Å². The Morgan fingerprint density at radius 3 is 2.29 bits per heavy atom. The average Bonchev–Trinajstić information content (AvgIpc) is 3.57. The van der Waals surface area contributed by atoms with Crippen molar-refractivity contribution in [2.45, 2.75) is 77.3 Å². The number of ketones is 1. The largest absolute Gasteiger partial charge is 0.444 e. The van der Waals surface area contributed by atoms with Gasteiger partial charge in [-0.15, -0.1) is 0 Å². The summed E-state index contributed by atoms with van der Waals surface area (Å²) >= 11 is 0. The number of rotatable bonds is 11. The van der Waals surface area contributed by atoms with E-state index in [1.54, 1.807) is 47.0 Å². The molecule has 0 saturated carbocycles. The van der Waals surface area contributed by atoms with Gasteiger partial charge in [-0.3, -0.25) is 9.59 Å². The lowest BCUT2D eigenvalue weighted by molar-refractivity contribution is -0.131. The molecule has 4 rings (SSSR count). The number of hydrogen-bond donors (Lipinski definition) is 2. The highest BCUT2D eigenvalue weighted by molar-refractivity contribution is 6.01. The SMILES string of the molecule is CC(C)(C)OC(=O)NC(C)(C)C(=O)N[C@H](COCc1ccccc1)C(=O)C=Cc1cn(C2Cc3ccccc3C2)cn1. The van der Waals surface area contributed by atoms with Gasteiger partial charge >= 0.3 is 6.09 Å². The Labute approximate surface area is 247 Å². The molecule has 2 N–H and O–H groups in total. The molecule has 0 unspecified atom stereocenters. The minimum absolute atomic E-state index is 0.0545. The molecule has 0 saturated heterocycles. The monoisotopic (exact) mass is 572 g/mol. The number of nitrogens with zero attached hydrogens (tertiary/aromatic N) is 2. The van der Waals surface area contributed by atoms with Gasteiger partial charge in [0.05, 0.1) is 25.2 Å². The first kappa shape index (κ1) is 30.7. The molecule has 0 radical (unpaired) electrons. The first-order valence-electron chi connectivity index (χ1n) is 14.2. The summed E-state index contributed by atoms with van der Waals surface area (Å²) in [6, 6.07) is 17.3. The normalized spacial score (nSPS) is 14.4. The maximum absolute atomic E-state index is 13.3. The minimum atomic E-state index is -1.35. The standard InChI is InChI=1S/C33H40N4O5/c1-32(2,3)42-31(40)36-33(4,5)30(39)35-28(21-41-20-23-11-7-6-8-12-23)29(38)16-15-26-19-37(22-34-26)27-17-24-13-9-10-14-25(24)18-27/h6-16,19,22,27-28H,17-18,20-21H2,1-5H3,(H,35,39)(H,36,40)/t28-/m1/s1. The zero-order chi connectivity index (χ0) is 30.3. The summed E-state index contributed by atoms with van der Waals surface area (Å²) in [5.41, 5.74) is 2.21. The molecule has 0 fully saturated rings. The van der Waals surface area contributed by atoms with Crippen LogP contribution in [0.5, 0.6) is 0 Å². The summed E-state index contributed by atoms with van der Waals surface area (Å²) < 4.78 is 13.2. The number of carbonyl (C=O) groups is 3. The molecular weight excluding hydrogens is 532 g/mol. The Balaban J connectivity index is 1.41. The Morgan fingerprint density at radius 1 is 1.00 bits per heavy atom. The van der Waals surface area contributed by atoms with Gasteiger partial charge in [0, 0.05) is 12.2 Å². The molecule has 1 aliphatic rings. The van der Waals surface area contributed by atoms with Crippen LogP contribution in [0.25, 0.3) is 6.08 Å². The molecule has 9 heteroatoms. The summed E-state index contributed by atoms with van der Waals surface area (Å²) in [7, 11) is 0. The number of aromatic nitrogens is 2. The molecule has 2 amide bonds. The molecule has 222 valence electrons. The number of fused-ring (bicyclic) bond motifs is 1. The third-order valence-corrected chi connectivity index (χ3v) is 6.92. The van der Waals surface area contributed by atoms with Crippen LogP contribution in [0.15, 0.2) is 73.2 Å². The number of alkyl carbamates (subject to hydrolysis) is 1. The summed E-state index contributed by atoms with van der Waals surface area (Å²) in [6.45, 7) is 8.52. The van der Waals surface area contributed by atoms with E-state index in [9.17, 15) is 14.4 Å². The molecule has 1 aliphatic carbocycles. The van der Waals surface area contributed by atoms with Crippen molar-refractivity contribution in [1.82, 2.24) is 20.2 Å². The number of ether oxygens (including phenoxy) is 2. The number of amides is 2. The third kappa shape index (κ3) is 8.63. The van der Waals surface area contributed by atoms with Crippen LogP contribution in [0.1, 0.15) is 63.0 Å². The summed E-state index contributed by atoms with van der Waals surface area (Å²) in [6.07, 6.45) is 7.90. The summed E-state index contributed by atoms with van der Waals surface area (Å²) in [4.78, 5) is 43.3. The highest BCUT2D eigenvalue weighted by Gasteiger charge is 2.34. The Hall–Kier alpha value is -4.24. The molecule has 1 aromatic heterocycles. The van der Waals surface area contributed by atoms with Gasteiger partial charge in [0.25, 0.3) is 0 Å². The highest BCUT2D eigenvalue weighted by atomic mass is 16.6. The van der Waals surface area contributed by atoms with E-state index in [-0.39, 0.29) is 25.0 Å². The van der Waals surface area contributed by atoms with Gasteiger partial charge in [0.1, 0.15) is 17.2 Å². The van der Waals surface area contributed by atoms with Crippen molar-refractivity contribution in [3.8, 4) is 0 Å². The maximum Gasteiger partial charge on any atom is 0.408 e. The van der Waals surface area contributed by atoms with Gasteiger partial charge in [0.2, 0.25) is 5.91 Å². The van der Waals surface area contributed by atoms with E-state index in [0.29, 0.717) is 5.69 Å². The van der Waals surface area contributed by atoms with Crippen LogP contribution in [0.2, 0.25) is 0 Å². The molecular formula is C33H40N4O5. The third-order valence-electron chi connectivity index (χ3n) is 6.92. The van der Waals surface area contributed by atoms with Crippen molar-refractivity contribution in [2.75, 3.05) is 6.61 Å². The average molecular weight is 573 g/mol. The number of hydrogen-bond acceptors (Lipinski definition) is 6. The van der Waals surface area contributed by atoms with Crippen molar-refractivity contribution in [1.29, 1.82) is 0 Å². The Morgan fingerprint density at radius 2 is 1.64 bits per heavy atom. The molecule has 9 nitrogen and oxygen atoms in total. The van der Waals surface area contributed by atoms with E-state index < -0.39 is 29.2 Å². The van der Waals surface area contributed by atoms with Crippen LogP contribution < -0.4 is 10.6 Å². The second-order valence-corrected chi connectivity index (χ2v) is 12.1. The van der Waals surface area contributed by atoms with Gasteiger partial charge in [0.15, 0.2) is 5.78 Å². The van der Waals surface area contributed by atoms with Crippen molar-refractivity contribution in [2.24, 2.45) is 0 Å². The molecule has 0 bridgehead atoms. The van der Waals surface area contributed by atoms with Crippen molar-refractivity contribution >= 4 is 23.9 Å². The van der Waals surface area contributed by atoms with Crippen LogP contribution in [0.3, 0.4) is 0 Å². The van der Waals surface area contributed by atoms with Gasteiger partial charge < -0.3 is 24.7 Å². The van der Waals surface area contributed by atoms with Crippen LogP contribution in [-0.2, 0) is 38.5 Å². The molecule has 1 atom stereocenters. The fraction of sp³-hybridized carbons (Fsp3) is 0.394. The van der Waals surface area contributed by atoms with E-state index in [1.165, 1.54) is 17.2 Å². The molecule has 2 aromatic carbocycles. The fourth-order valence-corrected chi connectivity index (χ4v) is 4.69. The van der Waals surface area contributed by atoms with Gasteiger partial charge in [-0.1, -0.05) is 54.6 Å². The van der Waals surface area contributed by atoms with Crippen molar-refractivity contribution in [3.63, 3.8) is 0 Å². The quantitative estimate of drug-likeness (QED) is 0.319. The molecule has 1 heterocycles. The van der Waals surface area contributed by atoms with Crippen LogP contribution >= 0.6 is 0 Å². The zero-order valence-electron chi connectivity index (χ0n) is 24.9. The second kappa shape index (κ2) is 13.2. The number of nitrogens with one attached hydrogen (secondary N) is 2. The fourth-order valence-electron chi connectivity index (χ4n) is 4.69. The van der Waals surface area contributed by atoms with Gasteiger partial charge in [-0.05, 0) is 76.3 Å². The first-order valence-corrected chi connectivity index (χ1v) is 14.2. The first-order chi connectivity index (χ1) is 19.9. The predicted octanol–water partition coefficient (Wildman–Crippen LogP) is 4.81. The predicted molar refractivity (Wildman–Crippen MR) is 161 cm³/mol. The lowest BCUT2D eigenvalue weighted by Crippen LogP contribution is -2.59. The van der Waals surface area contributed by atoms with Gasteiger partial charge in [-0.25, -0.2) is 9.78 Å². The Bertz CT molecular complexity index is 1400. The Kier molecular flexibility index (Phi) is 9.63. The van der Waals surface area contributed by atoms with E-state index in [1.807, 2.05) is 36.5 Å². The minimum Gasteiger partial charge on any atom is -0.444 e. The van der Waals surface area contributed by atoms with Crippen LogP contribution in [0.4, 0.5) is 4.79 Å². The maximum atomic E-state index is 13.3. The molecule has 0 aliphatic heterocycles. The lowest BCUT2D eigenvalue weighted by Gasteiger charge is -2.29. The topological polar surface area (TPSA) is 112 Å². The smallest absolute Gasteiger partial charge is 0.408 e. The summed E-state index contributed by atoms with van der Waals surface area (Å²) in [5.74, 6) is -0.902. The zero-order valence-corrected chi connectivity index (χ0v) is 24.9. The van der Waals surface area contributed by atoms with E-state index in [4.69, 9.17) is 9.47 Å². The number of carbonyl (C=O) groups excluding carboxylic acids is 3.